The van der Waals surface area contributed by atoms with E-state index >= 15 is 0 Å². The average molecular weight is 316 g/mol. The fraction of sp³-hybridized carbons (Fsp3) is 0.125. The Bertz CT molecular complexity index is 701. The standard InChI is InChI=1S/C16H17FN4O2/c1-23-14-7-5-12(6-8-14)21-16(18)19-10-15(22)20-13-4-2-3-11(17)9-13/h2-9H,10H2,1H3,(H,20,22)(H3,18,19,21). The van der Waals surface area contributed by atoms with Crippen molar-refractivity contribution >= 4 is 23.2 Å². The molecule has 0 bridgehead atoms. The van der Waals surface area contributed by atoms with Gasteiger partial charge in [0.25, 0.3) is 0 Å². The lowest BCUT2D eigenvalue weighted by atomic mass is 10.3. The number of methoxy groups -OCH3 is 1. The number of rotatable bonds is 5. The molecule has 23 heavy (non-hydrogen) atoms. The highest BCUT2D eigenvalue weighted by Crippen LogP contribution is 2.14. The van der Waals surface area contributed by atoms with Gasteiger partial charge in [-0.1, -0.05) is 6.07 Å². The van der Waals surface area contributed by atoms with Crippen molar-refractivity contribution in [3.05, 3.63) is 54.3 Å². The molecule has 0 atom stereocenters. The maximum atomic E-state index is 13.0. The number of nitrogens with one attached hydrogen (secondary N) is 2. The molecule has 0 fully saturated rings. The predicted octanol–water partition coefficient (Wildman–Crippen LogP) is 2.20. The number of carbonyl (C=O) groups excluding carboxylic acids is 1. The van der Waals surface area contributed by atoms with Gasteiger partial charge in [-0.3, -0.25) is 4.79 Å². The zero-order valence-corrected chi connectivity index (χ0v) is 12.5. The van der Waals surface area contributed by atoms with Crippen LogP contribution in [-0.2, 0) is 4.79 Å². The molecule has 0 aliphatic heterocycles. The first-order valence-corrected chi connectivity index (χ1v) is 6.83. The van der Waals surface area contributed by atoms with Crippen molar-refractivity contribution in [3.8, 4) is 5.75 Å². The van der Waals surface area contributed by atoms with Gasteiger partial charge in [-0.15, -0.1) is 0 Å². The fourth-order valence-corrected chi connectivity index (χ4v) is 1.79. The summed E-state index contributed by atoms with van der Waals surface area (Å²) in [5.41, 5.74) is 6.80. The fourth-order valence-electron chi connectivity index (χ4n) is 1.79. The van der Waals surface area contributed by atoms with Gasteiger partial charge in [0, 0.05) is 11.4 Å². The van der Waals surface area contributed by atoms with Crippen molar-refractivity contribution < 1.29 is 13.9 Å². The number of anilines is 2. The van der Waals surface area contributed by atoms with Crippen molar-refractivity contribution in [2.24, 2.45) is 10.7 Å². The number of hydrogen-bond donors (Lipinski definition) is 3. The Morgan fingerprint density at radius 1 is 1.17 bits per heavy atom. The van der Waals surface area contributed by atoms with Crippen molar-refractivity contribution in [1.82, 2.24) is 0 Å². The summed E-state index contributed by atoms with van der Waals surface area (Å²) < 4.78 is 18.1. The molecule has 0 aromatic heterocycles. The third-order valence-corrected chi connectivity index (χ3v) is 2.86. The molecule has 2 rings (SSSR count). The van der Waals surface area contributed by atoms with Crippen molar-refractivity contribution in [2.45, 2.75) is 0 Å². The molecule has 0 heterocycles. The molecule has 7 heteroatoms. The van der Waals surface area contributed by atoms with Gasteiger partial charge in [-0.2, -0.15) is 0 Å². The molecule has 0 saturated heterocycles. The molecule has 1 amide bonds. The van der Waals surface area contributed by atoms with E-state index in [0.29, 0.717) is 5.69 Å². The summed E-state index contributed by atoms with van der Waals surface area (Å²) in [5, 5.41) is 5.38. The number of ether oxygens (including phenoxy) is 1. The average Bonchev–Trinajstić information content (AvgIpc) is 2.54. The first-order chi connectivity index (χ1) is 11.1. The van der Waals surface area contributed by atoms with Crippen LogP contribution in [0.15, 0.2) is 53.5 Å². The number of guanidine groups is 1. The van der Waals surface area contributed by atoms with Gasteiger partial charge in [0.1, 0.15) is 18.1 Å². The molecule has 0 spiro atoms. The minimum Gasteiger partial charge on any atom is -0.497 e. The van der Waals surface area contributed by atoms with E-state index in [1.165, 1.54) is 18.2 Å². The number of aliphatic imine (C=N–C) groups is 1. The van der Waals surface area contributed by atoms with Crippen LogP contribution in [-0.4, -0.2) is 25.5 Å². The van der Waals surface area contributed by atoms with E-state index in [2.05, 4.69) is 15.6 Å². The number of amides is 1. The minimum absolute atomic E-state index is 0.101. The molecule has 0 aliphatic carbocycles. The van der Waals surface area contributed by atoms with Gasteiger partial charge in [0.2, 0.25) is 5.91 Å². The SMILES string of the molecule is COc1ccc(NC(N)=NCC(=O)Nc2cccc(F)c2)cc1. The van der Waals surface area contributed by atoms with Crippen LogP contribution in [0.1, 0.15) is 0 Å². The van der Waals surface area contributed by atoms with Gasteiger partial charge in [0.15, 0.2) is 5.96 Å². The van der Waals surface area contributed by atoms with Crippen molar-refractivity contribution in [3.63, 3.8) is 0 Å². The second-order valence-electron chi connectivity index (χ2n) is 4.61. The zero-order valence-electron chi connectivity index (χ0n) is 12.5. The third kappa shape index (κ3) is 5.31. The largest absolute Gasteiger partial charge is 0.497 e. The highest BCUT2D eigenvalue weighted by Gasteiger charge is 2.03. The molecule has 0 aliphatic rings. The Morgan fingerprint density at radius 3 is 2.57 bits per heavy atom. The predicted molar refractivity (Wildman–Crippen MR) is 88.1 cm³/mol. The Morgan fingerprint density at radius 2 is 1.91 bits per heavy atom. The lowest BCUT2D eigenvalue weighted by molar-refractivity contribution is -0.114. The minimum atomic E-state index is -0.424. The van der Waals surface area contributed by atoms with Crippen LogP contribution >= 0.6 is 0 Å². The van der Waals surface area contributed by atoms with Crippen LogP contribution in [0, 0.1) is 5.82 Å². The van der Waals surface area contributed by atoms with Crippen LogP contribution in [0.4, 0.5) is 15.8 Å². The zero-order chi connectivity index (χ0) is 16.7. The second-order valence-corrected chi connectivity index (χ2v) is 4.61. The van der Waals surface area contributed by atoms with Crippen LogP contribution in [0.5, 0.6) is 5.75 Å². The molecule has 2 aromatic carbocycles. The summed E-state index contributed by atoms with van der Waals surface area (Å²) in [7, 11) is 1.58. The molecule has 0 saturated carbocycles. The van der Waals surface area contributed by atoms with Gasteiger partial charge in [-0.25, -0.2) is 9.38 Å². The van der Waals surface area contributed by atoms with E-state index in [1.54, 1.807) is 37.4 Å². The monoisotopic (exact) mass is 316 g/mol. The van der Waals surface area contributed by atoms with Gasteiger partial charge >= 0.3 is 0 Å². The van der Waals surface area contributed by atoms with E-state index < -0.39 is 11.7 Å². The summed E-state index contributed by atoms with van der Waals surface area (Å²) in [6.07, 6.45) is 0. The van der Waals surface area contributed by atoms with Crippen LogP contribution in [0.3, 0.4) is 0 Å². The lowest BCUT2D eigenvalue weighted by Crippen LogP contribution is -2.25. The van der Waals surface area contributed by atoms with Gasteiger partial charge < -0.3 is 21.1 Å². The van der Waals surface area contributed by atoms with Gasteiger partial charge in [-0.05, 0) is 42.5 Å². The molecule has 2 aromatic rings. The number of nitrogens with zero attached hydrogens (tertiary/aromatic N) is 1. The maximum absolute atomic E-state index is 13.0. The number of halogens is 1. The number of nitrogens with two attached hydrogens (primary N) is 1. The number of benzene rings is 2. The first-order valence-electron chi connectivity index (χ1n) is 6.83. The Labute approximate surface area is 133 Å². The smallest absolute Gasteiger partial charge is 0.246 e. The van der Waals surface area contributed by atoms with E-state index in [0.717, 1.165) is 11.4 Å². The normalized spacial score (nSPS) is 11.0. The van der Waals surface area contributed by atoms with E-state index in [9.17, 15) is 9.18 Å². The quantitative estimate of drug-likeness (QED) is 0.583. The molecule has 4 N–H and O–H groups in total. The van der Waals surface area contributed by atoms with Crippen LogP contribution in [0.2, 0.25) is 0 Å². The molecule has 120 valence electrons. The summed E-state index contributed by atoms with van der Waals surface area (Å²) in [4.78, 5) is 15.7. The van der Waals surface area contributed by atoms with Crippen LogP contribution in [0.25, 0.3) is 0 Å². The highest BCUT2D eigenvalue weighted by atomic mass is 19.1. The number of hydrogen-bond acceptors (Lipinski definition) is 3. The van der Waals surface area contributed by atoms with Crippen LogP contribution < -0.4 is 21.1 Å². The summed E-state index contributed by atoms with van der Waals surface area (Å²) in [5.74, 6) is 0.00663. The first kappa shape index (κ1) is 16.3. The van der Waals surface area contributed by atoms with E-state index in [4.69, 9.17) is 10.5 Å². The molecular weight excluding hydrogens is 299 g/mol. The highest BCUT2D eigenvalue weighted by molar-refractivity contribution is 5.97. The summed E-state index contributed by atoms with van der Waals surface area (Å²) in [6.45, 7) is -0.175. The number of carbonyl (C=O) groups is 1. The Kier molecular flexibility index (Phi) is 5.51. The Hall–Kier alpha value is -3.09. The summed E-state index contributed by atoms with van der Waals surface area (Å²) in [6, 6.07) is 12.7. The molecule has 0 radical (unpaired) electrons. The van der Waals surface area contributed by atoms with Crippen molar-refractivity contribution in [2.75, 3.05) is 24.3 Å². The topological polar surface area (TPSA) is 88.7 Å². The lowest BCUT2D eigenvalue weighted by Gasteiger charge is -2.07. The molecule has 6 nitrogen and oxygen atoms in total. The van der Waals surface area contributed by atoms with Gasteiger partial charge in [0.05, 0.1) is 7.11 Å². The molecular formula is C16H17FN4O2. The maximum Gasteiger partial charge on any atom is 0.246 e. The Balaban J connectivity index is 1.86. The van der Waals surface area contributed by atoms with Crippen molar-refractivity contribution in [1.29, 1.82) is 0 Å². The third-order valence-electron chi connectivity index (χ3n) is 2.86. The van der Waals surface area contributed by atoms with E-state index in [-0.39, 0.29) is 12.5 Å². The van der Waals surface area contributed by atoms with E-state index in [1.807, 2.05) is 0 Å². The second kappa shape index (κ2) is 7.79. The summed E-state index contributed by atoms with van der Waals surface area (Å²) >= 11 is 0. The molecule has 0 unspecified atom stereocenters.